The normalized spacial score (nSPS) is 10.2. The molecule has 3 nitrogen and oxygen atoms in total. The van der Waals surface area contributed by atoms with Gasteiger partial charge in [-0.2, -0.15) is 0 Å². The van der Waals surface area contributed by atoms with Crippen molar-refractivity contribution >= 4 is 43.4 Å². The molecule has 0 spiro atoms. The molecule has 1 heterocycles. The van der Waals surface area contributed by atoms with Crippen molar-refractivity contribution in [2.45, 2.75) is 0 Å². The minimum Gasteiger partial charge on any atom is -0.497 e. The summed E-state index contributed by atoms with van der Waals surface area (Å²) in [7, 11) is 1.57. The van der Waals surface area contributed by atoms with E-state index in [9.17, 15) is 4.39 Å². The Bertz CT molecular complexity index is 578. The minimum atomic E-state index is -0.427. The van der Waals surface area contributed by atoms with Crippen molar-refractivity contribution < 1.29 is 9.13 Å². The molecular weight excluding hydrogens is 367 g/mol. The van der Waals surface area contributed by atoms with Gasteiger partial charge in [-0.15, -0.1) is 0 Å². The summed E-state index contributed by atoms with van der Waals surface area (Å²) in [5, 5.41) is 2.90. The molecule has 0 radical (unpaired) electrons. The molecular formula is C12H9Br2FN2O. The summed E-state index contributed by atoms with van der Waals surface area (Å²) in [6.45, 7) is 0. The van der Waals surface area contributed by atoms with Gasteiger partial charge in [-0.25, -0.2) is 9.37 Å². The fourth-order valence-electron chi connectivity index (χ4n) is 1.40. The highest BCUT2D eigenvalue weighted by atomic mass is 79.9. The molecule has 0 bridgehead atoms. The third kappa shape index (κ3) is 3.20. The number of halogens is 3. The molecule has 1 aromatic heterocycles. The summed E-state index contributed by atoms with van der Waals surface area (Å²) < 4.78 is 20.2. The van der Waals surface area contributed by atoms with Gasteiger partial charge in [0.2, 0.25) is 0 Å². The Morgan fingerprint density at radius 3 is 2.61 bits per heavy atom. The van der Waals surface area contributed by atoms with E-state index in [2.05, 4.69) is 42.2 Å². The molecule has 0 atom stereocenters. The number of nitrogens with one attached hydrogen (secondary N) is 1. The van der Waals surface area contributed by atoms with E-state index in [0.29, 0.717) is 15.9 Å². The van der Waals surface area contributed by atoms with E-state index in [1.165, 1.54) is 12.3 Å². The smallest absolute Gasteiger partial charge is 0.166 e. The zero-order chi connectivity index (χ0) is 13.1. The first kappa shape index (κ1) is 13.3. The third-order valence-electron chi connectivity index (χ3n) is 2.18. The van der Waals surface area contributed by atoms with Crippen LogP contribution >= 0.6 is 31.9 Å². The van der Waals surface area contributed by atoms with Gasteiger partial charge in [0.15, 0.2) is 11.6 Å². The Hall–Kier alpha value is -1.14. The molecule has 1 aromatic carbocycles. The second kappa shape index (κ2) is 5.67. The van der Waals surface area contributed by atoms with E-state index in [-0.39, 0.29) is 5.82 Å². The summed E-state index contributed by atoms with van der Waals surface area (Å²) in [6, 6.07) is 6.74. The lowest BCUT2D eigenvalue weighted by atomic mass is 10.3. The third-order valence-corrected chi connectivity index (χ3v) is 3.07. The monoisotopic (exact) mass is 374 g/mol. The Morgan fingerprint density at radius 2 is 1.94 bits per heavy atom. The number of benzene rings is 1. The molecule has 0 saturated carbocycles. The summed E-state index contributed by atoms with van der Waals surface area (Å²) in [4.78, 5) is 3.97. The zero-order valence-corrected chi connectivity index (χ0v) is 12.5. The molecule has 0 saturated heterocycles. The second-order valence-corrected chi connectivity index (χ2v) is 5.32. The molecule has 0 amide bonds. The predicted octanol–water partition coefficient (Wildman–Crippen LogP) is 4.50. The molecule has 0 aliphatic carbocycles. The zero-order valence-electron chi connectivity index (χ0n) is 9.38. The Morgan fingerprint density at radius 1 is 1.17 bits per heavy atom. The van der Waals surface area contributed by atoms with Crippen LogP contribution in [-0.4, -0.2) is 12.1 Å². The fraction of sp³-hybridized carbons (Fsp3) is 0.0833. The molecule has 2 aromatic rings. The van der Waals surface area contributed by atoms with Gasteiger partial charge in [0, 0.05) is 26.9 Å². The van der Waals surface area contributed by atoms with E-state index in [0.717, 1.165) is 4.47 Å². The molecule has 94 valence electrons. The van der Waals surface area contributed by atoms with Crippen molar-refractivity contribution in [2.24, 2.45) is 0 Å². The van der Waals surface area contributed by atoms with Gasteiger partial charge in [0.05, 0.1) is 7.11 Å². The number of hydrogen-bond donors (Lipinski definition) is 1. The molecule has 18 heavy (non-hydrogen) atoms. The lowest BCUT2D eigenvalue weighted by Crippen LogP contribution is -1.97. The Balaban J connectivity index is 2.30. The number of ether oxygens (including phenoxy) is 1. The molecule has 6 heteroatoms. The van der Waals surface area contributed by atoms with Crippen LogP contribution in [0.2, 0.25) is 0 Å². The molecule has 0 aliphatic heterocycles. The molecule has 2 rings (SSSR count). The molecule has 0 unspecified atom stereocenters. The van der Waals surface area contributed by atoms with E-state index in [4.69, 9.17) is 4.74 Å². The number of rotatable bonds is 3. The largest absolute Gasteiger partial charge is 0.497 e. The van der Waals surface area contributed by atoms with E-state index in [1.807, 2.05) is 12.1 Å². The number of aromatic nitrogens is 1. The standard InChI is InChI=1S/C12H9Br2FN2O/c1-18-10-3-7(13)2-9(5-10)17-12-11(15)4-8(14)6-16-12/h2-6H,1H3,(H,16,17). The lowest BCUT2D eigenvalue weighted by Gasteiger charge is -2.09. The topological polar surface area (TPSA) is 34.1 Å². The average Bonchev–Trinajstić information content (AvgIpc) is 2.32. The number of pyridine rings is 1. The number of hydrogen-bond acceptors (Lipinski definition) is 3. The van der Waals surface area contributed by atoms with Crippen LogP contribution in [-0.2, 0) is 0 Å². The highest BCUT2D eigenvalue weighted by Crippen LogP contribution is 2.27. The van der Waals surface area contributed by atoms with Crippen molar-refractivity contribution in [1.29, 1.82) is 0 Å². The van der Waals surface area contributed by atoms with E-state index < -0.39 is 5.82 Å². The summed E-state index contributed by atoms with van der Waals surface area (Å²) in [5.74, 6) is 0.408. The van der Waals surface area contributed by atoms with Gasteiger partial charge in [-0.1, -0.05) is 15.9 Å². The highest BCUT2D eigenvalue weighted by molar-refractivity contribution is 9.10. The summed E-state index contributed by atoms with van der Waals surface area (Å²) >= 11 is 6.51. The number of methoxy groups -OCH3 is 1. The summed E-state index contributed by atoms with van der Waals surface area (Å²) in [6.07, 6.45) is 1.53. The molecule has 0 aliphatic rings. The van der Waals surface area contributed by atoms with Crippen molar-refractivity contribution in [3.05, 3.63) is 45.2 Å². The minimum absolute atomic E-state index is 0.165. The summed E-state index contributed by atoms with van der Waals surface area (Å²) in [5.41, 5.74) is 0.690. The van der Waals surface area contributed by atoms with Crippen molar-refractivity contribution in [1.82, 2.24) is 4.98 Å². The predicted molar refractivity (Wildman–Crippen MR) is 75.9 cm³/mol. The highest BCUT2D eigenvalue weighted by Gasteiger charge is 2.06. The molecule has 1 N–H and O–H groups in total. The first-order valence-electron chi connectivity index (χ1n) is 5.01. The van der Waals surface area contributed by atoms with Crippen LogP contribution in [0.25, 0.3) is 0 Å². The Kier molecular flexibility index (Phi) is 4.19. The quantitative estimate of drug-likeness (QED) is 0.857. The van der Waals surface area contributed by atoms with Crippen LogP contribution in [0.15, 0.2) is 39.4 Å². The van der Waals surface area contributed by atoms with Crippen LogP contribution in [0.4, 0.5) is 15.9 Å². The van der Waals surface area contributed by atoms with Gasteiger partial charge in [0.1, 0.15) is 5.75 Å². The number of nitrogens with zero attached hydrogens (tertiary/aromatic N) is 1. The first-order chi connectivity index (χ1) is 8.58. The number of anilines is 2. The van der Waals surface area contributed by atoms with E-state index in [1.54, 1.807) is 13.2 Å². The lowest BCUT2D eigenvalue weighted by molar-refractivity contribution is 0.415. The maximum absolute atomic E-state index is 13.6. The van der Waals surface area contributed by atoms with Crippen molar-refractivity contribution in [3.8, 4) is 5.75 Å². The van der Waals surface area contributed by atoms with Crippen molar-refractivity contribution in [3.63, 3.8) is 0 Å². The van der Waals surface area contributed by atoms with Crippen LogP contribution in [0.1, 0.15) is 0 Å². The van der Waals surface area contributed by atoms with Gasteiger partial charge in [-0.3, -0.25) is 0 Å². The Labute approximate surface area is 121 Å². The maximum atomic E-state index is 13.6. The van der Waals surface area contributed by atoms with Crippen LogP contribution in [0.3, 0.4) is 0 Å². The first-order valence-corrected chi connectivity index (χ1v) is 6.60. The van der Waals surface area contributed by atoms with Gasteiger partial charge in [-0.05, 0) is 34.1 Å². The van der Waals surface area contributed by atoms with Gasteiger partial charge >= 0.3 is 0 Å². The van der Waals surface area contributed by atoms with Gasteiger partial charge in [0.25, 0.3) is 0 Å². The maximum Gasteiger partial charge on any atom is 0.166 e. The van der Waals surface area contributed by atoms with Crippen LogP contribution in [0, 0.1) is 5.82 Å². The SMILES string of the molecule is COc1cc(Br)cc(Nc2ncc(Br)cc2F)c1. The second-order valence-electron chi connectivity index (χ2n) is 3.49. The molecule has 0 fully saturated rings. The fourth-order valence-corrected chi connectivity index (χ4v) is 2.17. The van der Waals surface area contributed by atoms with E-state index >= 15 is 0 Å². The van der Waals surface area contributed by atoms with Crippen LogP contribution < -0.4 is 10.1 Å². The van der Waals surface area contributed by atoms with Gasteiger partial charge < -0.3 is 10.1 Å². The van der Waals surface area contributed by atoms with Crippen molar-refractivity contribution in [2.75, 3.05) is 12.4 Å². The average molecular weight is 376 g/mol. The van der Waals surface area contributed by atoms with Crippen LogP contribution in [0.5, 0.6) is 5.75 Å².